The van der Waals surface area contributed by atoms with Gasteiger partial charge < -0.3 is 0 Å². The molecule has 92 valence electrons. The highest BCUT2D eigenvalue weighted by Gasteiger charge is 2.08. The predicted octanol–water partition coefficient (Wildman–Crippen LogP) is 4.23. The predicted molar refractivity (Wildman–Crippen MR) is 71.4 cm³/mol. The van der Waals surface area contributed by atoms with Crippen molar-refractivity contribution in [3.8, 4) is 11.1 Å². The van der Waals surface area contributed by atoms with Crippen molar-refractivity contribution in [1.82, 2.24) is 0 Å². The van der Waals surface area contributed by atoms with Crippen LogP contribution in [0, 0.1) is 26.6 Å². The third-order valence-corrected chi connectivity index (χ3v) is 3.28. The van der Waals surface area contributed by atoms with Crippen molar-refractivity contribution in [2.45, 2.75) is 20.8 Å². The summed E-state index contributed by atoms with van der Waals surface area (Å²) in [6.45, 7) is 6.10. The first-order valence-electron chi connectivity index (χ1n) is 5.86. The zero-order valence-electron chi connectivity index (χ0n) is 10.8. The first-order chi connectivity index (χ1) is 8.52. The maximum atomic E-state index is 13.6. The number of aldehydes is 1. The molecule has 18 heavy (non-hydrogen) atoms. The second-order valence-electron chi connectivity index (χ2n) is 4.61. The van der Waals surface area contributed by atoms with E-state index in [-0.39, 0.29) is 5.56 Å². The van der Waals surface area contributed by atoms with Crippen LogP contribution < -0.4 is 0 Å². The van der Waals surface area contributed by atoms with Gasteiger partial charge in [-0.3, -0.25) is 4.79 Å². The second kappa shape index (κ2) is 4.73. The molecule has 0 N–H and O–H groups in total. The number of benzene rings is 2. The smallest absolute Gasteiger partial charge is 0.152 e. The van der Waals surface area contributed by atoms with Crippen molar-refractivity contribution < 1.29 is 9.18 Å². The van der Waals surface area contributed by atoms with Crippen LogP contribution in [0.5, 0.6) is 0 Å². The summed E-state index contributed by atoms with van der Waals surface area (Å²) >= 11 is 0. The lowest BCUT2D eigenvalue weighted by atomic mass is 9.95. The Bertz CT molecular complexity index is 615. The molecule has 0 aromatic heterocycles. The van der Waals surface area contributed by atoms with E-state index in [1.807, 2.05) is 13.8 Å². The molecule has 0 fully saturated rings. The summed E-state index contributed by atoms with van der Waals surface area (Å²) in [4.78, 5) is 10.6. The minimum atomic E-state index is -0.472. The summed E-state index contributed by atoms with van der Waals surface area (Å²) in [5.41, 5.74) is 5.42. The molecule has 0 spiro atoms. The van der Waals surface area contributed by atoms with Gasteiger partial charge in [-0.2, -0.15) is 0 Å². The maximum Gasteiger partial charge on any atom is 0.152 e. The standard InChI is InChI=1S/C16H15FO/c1-10-6-12(3)15(7-11(10)2)13-4-5-14(9-18)16(17)8-13/h4-9H,1-3H3. The molecule has 0 atom stereocenters. The average Bonchev–Trinajstić information content (AvgIpc) is 2.33. The van der Waals surface area contributed by atoms with Crippen LogP contribution in [-0.4, -0.2) is 6.29 Å². The van der Waals surface area contributed by atoms with E-state index < -0.39 is 5.82 Å². The van der Waals surface area contributed by atoms with Crippen LogP contribution in [0.15, 0.2) is 30.3 Å². The van der Waals surface area contributed by atoms with Gasteiger partial charge in [-0.05, 0) is 60.7 Å². The first kappa shape index (κ1) is 12.5. The highest BCUT2D eigenvalue weighted by Crippen LogP contribution is 2.27. The Kier molecular flexibility index (Phi) is 3.28. The zero-order valence-corrected chi connectivity index (χ0v) is 10.8. The average molecular weight is 242 g/mol. The number of aryl methyl sites for hydroxylation is 3. The highest BCUT2D eigenvalue weighted by atomic mass is 19.1. The summed E-state index contributed by atoms with van der Waals surface area (Å²) < 4.78 is 13.6. The number of halogens is 1. The lowest BCUT2D eigenvalue weighted by molar-refractivity contribution is 0.112. The van der Waals surface area contributed by atoms with Gasteiger partial charge in [-0.1, -0.05) is 18.2 Å². The largest absolute Gasteiger partial charge is 0.298 e. The van der Waals surface area contributed by atoms with E-state index in [2.05, 4.69) is 19.1 Å². The second-order valence-corrected chi connectivity index (χ2v) is 4.61. The third-order valence-electron chi connectivity index (χ3n) is 3.28. The Morgan fingerprint density at radius 3 is 2.22 bits per heavy atom. The molecule has 0 bridgehead atoms. The molecular weight excluding hydrogens is 227 g/mol. The van der Waals surface area contributed by atoms with Crippen LogP contribution >= 0.6 is 0 Å². The van der Waals surface area contributed by atoms with Gasteiger partial charge in [-0.25, -0.2) is 4.39 Å². The van der Waals surface area contributed by atoms with Crippen LogP contribution in [0.2, 0.25) is 0 Å². The summed E-state index contributed by atoms with van der Waals surface area (Å²) in [5.74, 6) is -0.472. The minimum Gasteiger partial charge on any atom is -0.298 e. The van der Waals surface area contributed by atoms with Crippen molar-refractivity contribution in [2.75, 3.05) is 0 Å². The van der Waals surface area contributed by atoms with Crippen LogP contribution in [0.1, 0.15) is 27.0 Å². The van der Waals surface area contributed by atoms with E-state index in [1.165, 1.54) is 23.3 Å². The van der Waals surface area contributed by atoms with Crippen LogP contribution in [0.25, 0.3) is 11.1 Å². The van der Waals surface area contributed by atoms with Crippen LogP contribution in [-0.2, 0) is 0 Å². The number of hydrogen-bond acceptors (Lipinski definition) is 1. The van der Waals surface area contributed by atoms with Crippen molar-refractivity contribution in [3.05, 3.63) is 58.4 Å². The fourth-order valence-electron chi connectivity index (χ4n) is 2.06. The molecule has 0 unspecified atom stereocenters. The Hall–Kier alpha value is -1.96. The van der Waals surface area contributed by atoms with Gasteiger partial charge in [0.25, 0.3) is 0 Å². The quantitative estimate of drug-likeness (QED) is 0.720. The van der Waals surface area contributed by atoms with E-state index in [1.54, 1.807) is 6.07 Å². The molecule has 2 heteroatoms. The minimum absolute atomic E-state index is 0.0974. The van der Waals surface area contributed by atoms with E-state index in [4.69, 9.17) is 0 Å². The maximum absolute atomic E-state index is 13.6. The Labute approximate surface area is 106 Å². The van der Waals surface area contributed by atoms with E-state index in [0.717, 1.165) is 16.7 Å². The Balaban J connectivity index is 2.58. The van der Waals surface area contributed by atoms with Crippen molar-refractivity contribution >= 4 is 6.29 Å². The fraction of sp³-hybridized carbons (Fsp3) is 0.188. The number of carbonyl (C=O) groups is 1. The fourth-order valence-corrected chi connectivity index (χ4v) is 2.06. The summed E-state index contributed by atoms with van der Waals surface area (Å²) in [6, 6.07) is 8.87. The van der Waals surface area contributed by atoms with Crippen molar-refractivity contribution in [3.63, 3.8) is 0 Å². The van der Waals surface area contributed by atoms with Crippen molar-refractivity contribution in [2.24, 2.45) is 0 Å². The summed E-state index contributed by atoms with van der Waals surface area (Å²) in [6.07, 6.45) is 0.534. The zero-order chi connectivity index (χ0) is 13.3. The van der Waals surface area contributed by atoms with Gasteiger partial charge in [0.05, 0.1) is 5.56 Å². The Morgan fingerprint density at radius 1 is 0.944 bits per heavy atom. The number of hydrogen-bond donors (Lipinski definition) is 0. The normalized spacial score (nSPS) is 10.4. The SMILES string of the molecule is Cc1cc(C)c(-c2ccc(C=O)c(F)c2)cc1C. The van der Waals surface area contributed by atoms with Gasteiger partial charge in [0, 0.05) is 0 Å². The third kappa shape index (κ3) is 2.19. The lowest BCUT2D eigenvalue weighted by Crippen LogP contribution is -1.92. The summed E-state index contributed by atoms with van der Waals surface area (Å²) in [7, 11) is 0. The van der Waals surface area contributed by atoms with Crippen molar-refractivity contribution in [1.29, 1.82) is 0 Å². The highest BCUT2D eigenvalue weighted by molar-refractivity contribution is 5.78. The van der Waals surface area contributed by atoms with Gasteiger partial charge in [0.15, 0.2) is 6.29 Å². The molecular formula is C16H15FO. The van der Waals surface area contributed by atoms with Crippen LogP contribution in [0.3, 0.4) is 0 Å². The molecule has 0 aliphatic rings. The first-order valence-corrected chi connectivity index (χ1v) is 5.86. The number of rotatable bonds is 2. The molecule has 0 heterocycles. The molecule has 0 radical (unpaired) electrons. The molecule has 1 nitrogen and oxygen atoms in total. The molecule has 0 saturated heterocycles. The molecule has 2 rings (SSSR count). The van der Waals surface area contributed by atoms with Gasteiger partial charge >= 0.3 is 0 Å². The van der Waals surface area contributed by atoms with E-state index in [0.29, 0.717) is 6.29 Å². The Morgan fingerprint density at radius 2 is 1.61 bits per heavy atom. The van der Waals surface area contributed by atoms with E-state index >= 15 is 0 Å². The molecule has 2 aromatic rings. The molecule has 0 aliphatic heterocycles. The summed E-state index contributed by atoms with van der Waals surface area (Å²) in [5, 5.41) is 0. The van der Waals surface area contributed by atoms with Crippen LogP contribution in [0.4, 0.5) is 4.39 Å². The van der Waals surface area contributed by atoms with Gasteiger partial charge in [0.1, 0.15) is 5.82 Å². The topological polar surface area (TPSA) is 17.1 Å². The van der Waals surface area contributed by atoms with Gasteiger partial charge in [0.2, 0.25) is 0 Å². The molecule has 0 saturated carbocycles. The molecule has 2 aromatic carbocycles. The van der Waals surface area contributed by atoms with Gasteiger partial charge in [-0.15, -0.1) is 0 Å². The van der Waals surface area contributed by atoms with E-state index in [9.17, 15) is 9.18 Å². The number of carbonyl (C=O) groups excluding carboxylic acids is 1. The molecule has 0 amide bonds. The monoisotopic (exact) mass is 242 g/mol. The molecule has 0 aliphatic carbocycles. The lowest BCUT2D eigenvalue weighted by Gasteiger charge is -2.10.